The molecular weight excluding hydrogens is 362 g/mol. The summed E-state index contributed by atoms with van der Waals surface area (Å²) in [4.78, 5) is 4.17. The fourth-order valence-corrected chi connectivity index (χ4v) is 2.55. The van der Waals surface area contributed by atoms with Crippen LogP contribution in [0.5, 0.6) is 0 Å². The molecule has 0 aliphatic carbocycles. The first kappa shape index (κ1) is 14.0. The number of aromatic nitrogens is 1. The first-order valence-electron chi connectivity index (χ1n) is 4.39. The van der Waals surface area contributed by atoms with Gasteiger partial charge in [-0.1, -0.05) is 0 Å². The summed E-state index contributed by atoms with van der Waals surface area (Å²) in [5.41, 5.74) is 0.817. The Morgan fingerprint density at radius 1 is 1.44 bits per heavy atom. The number of pyridine rings is 1. The van der Waals surface area contributed by atoms with Crippen LogP contribution in [0.3, 0.4) is 0 Å². The normalized spacial score (nSPS) is 11.7. The molecule has 1 rings (SSSR count). The van der Waals surface area contributed by atoms with E-state index in [9.17, 15) is 8.42 Å². The van der Waals surface area contributed by atoms with Gasteiger partial charge in [0.15, 0.2) is 0 Å². The molecule has 3 N–H and O–H groups in total. The zero-order valence-electron chi connectivity index (χ0n) is 8.28. The summed E-state index contributed by atoms with van der Waals surface area (Å²) >= 11 is 6.66. The molecule has 0 bridgehead atoms. The molecule has 1 heterocycles. The summed E-state index contributed by atoms with van der Waals surface area (Å²) in [5.74, 6) is -0.0822. The van der Waals surface area contributed by atoms with E-state index in [1.165, 1.54) is 0 Å². The number of hydrogen-bond donors (Lipinski definition) is 2. The van der Waals surface area contributed by atoms with E-state index < -0.39 is 10.0 Å². The average Bonchev–Trinajstić information content (AvgIpc) is 2.13. The fraction of sp³-hybridized carbons (Fsp3) is 0.375. The molecule has 5 nitrogen and oxygen atoms in total. The number of halogens is 2. The van der Waals surface area contributed by atoms with Gasteiger partial charge < -0.3 is 5.32 Å². The second-order valence-electron chi connectivity index (χ2n) is 3.13. The summed E-state index contributed by atoms with van der Waals surface area (Å²) in [7, 11) is -3.40. The van der Waals surface area contributed by atoms with Gasteiger partial charge in [-0.25, -0.2) is 13.6 Å². The van der Waals surface area contributed by atoms with Gasteiger partial charge in [-0.15, -0.1) is 0 Å². The van der Waals surface area contributed by atoms with E-state index >= 15 is 0 Å². The van der Waals surface area contributed by atoms with Gasteiger partial charge in [0.25, 0.3) is 0 Å². The van der Waals surface area contributed by atoms with Crippen LogP contribution >= 0.6 is 31.9 Å². The number of nitrogens with two attached hydrogens (primary N) is 1. The lowest BCUT2D eigenvalue weighted by molar-refractivity contribution is 0.591. The summed E-state index contributed by atoms with van der Waals surface area (Å²) in [6.45, 7) is 0.798. The maximum Gasteiger partial charge on any atom is 0.210 e. The van der Waals surface area contributed by atoms with Crippen molar-refractivity contribution in [2.24, 2.45) is 5.14 Å². The smallest absolute Gasteiger partial charge is 0.210 e. The molecule has 0 saturated heterocycles. The molecule has 0 unspecified atom stereocenters. The third kappa shape index (κ3) is 5.35. The molecule has 0 aromatic carbocycles. The minimum atomic E-state index is -3.40. The number of nitrogens with zero attached hydrogens (tertiary/aromatic N) is 1. The lowest BCUT2D eigenvalue weighted by atomic mass is 10.3. The zero-order valence-corrected chi connectivity index (χ0v) is 12.3. The van der Waals surface area contributed by atoms with E-state index in [0.29, 0.717) is 13.1 Å². The van der Waals surface area contributed by atoms with Gasteiger partial charge in [-0.2, -0.15) is 0 Å². The van der Waals surface area contributed by atoms with Crippen LogP contribution in [0.25, 0.3) is 0 Å². The Balaban J connectivity index is 2.43. The molecule has 0 spiro atoms. The molecule has 0 aliphatic rings. The number of nitrogens with one attached hydrogen (secondary N) is 1. The Kier molecular flexibility index (Phi) is 5.32. The number of sulfonamides is 1. The van der Waals surface area contributed by atoms with Crippen molar-refractivity contribution in [3.05, 3.63) is 26.9 Å². The molecule has 8 heteroatoms. The summed E-state index contributed by atoms with van der Waals surface area (Å²) in [6, 6.07) is 1.88. The van der Waals surface area contributed by atoms with Crippen molar-refractivity contribution in [1.29, 1.82) is 0 Å². The Morgan fingerprint density at radius 2 is 2.12 bits per heavy atom. The predicted molar refractivity (Wildman–Crippen MR) is 69.3 cm³/mol. The number of rotatable bonds is 5. The predicted octanol–water partition coefficient (Wildman–Crippen LogP) is 0.985. The monoisotopic (exact) mass is 371 g/mol. The van der Waals surface area contributed by atoms with E-state index in [2.05, 4.69) is 42.2 Å². The maximum atomic E-state index is 10.7. The molecule has 90 valence electrons. The van der Waals surface area contributed by atoms with Gasteiger partial charge >= 0.3 is 0 Å². The van der Waals surface area contributed by atoms with E-state index in [-0.39, 0.29) is 5.75 Å². The van der Waals surface area contributed by atoms with Crippen molar-refractivity contribution >= 4 is 41.9 Å². The quantitative estimate of drug-likeness (QED) is 0.754. The highest BCUT2D eigenvalue weighted by Gasteiger charge is 2.04. The minimum Gasteiger partial charge on any atom is -0.310 e. The van der Waals surface area contributed by atoms with Crippen LogP contribution in [0.15, 0.2) is 21.2 Å². The topological polar surface area (TPSA) is 85.1 Å². The number of primary sulfonamides is 1. The van der Waals surface area contributed by atoms with Gasteiger partial charge in [-0.3, -0.25) is 4.98 Å². The molecule has 1 aromatic heterocycles. The van der Waals surface area contributed by atoms with Crippen LogP contribution in [0.1, 0.15) is 5.69 Å². The van der Waals surface area contributed by atoms with E-state index in [1.54, 1.807) is 6.20 Å². The zero-order chi connectivity index (χ0) is 12.2. The van der Waals surface area contributed by atoms with Crippen LogP contribution < -0.4 is 10.5 Å². The highest BCUT2D eigenvalue weighted by molar-refractivity contribution is 9.11. The van der Waals surface area contributed by atoms with Gasteiger partial charge in [0.1, 0.15) is 0 Å². The molecule has 0 amide bonds. The van der Waals surface area contributed by atoms with Crippen molar-refractivity contribution in [1.82, 2.24) is 10.3 Å². The standard InChI is InChI=1S/C8H11Br2N3O2S/c9-6-3-7(10)8(13-4-6)5-12-1-2-16(11,14)15/h3-4,12H,1-2,5H2,(H2,11,14,15). The molecule has 1 aromatic rings. The minimum absolute atomic E-state index is 0.0822. The van der Waals surface area contributed by atoms with Crippen LogP contribution in [-0.4, -0.2) is 25.7 Å². The van der Waals surface area contributed by atoms with Gasteiger partial charge in [0.05, 0.1) is 11.4 Å². The van der Waals surface area contributed by atoms with Crippen molar-refractivity contribution in [2.75, 3.05) is 12.3 Å². The first-order valence-corrected chi connectivity index (χ1v) is 7.70. The summed E-state index contributed by atoms with van der Waals surface area (Å²) in [5, 5.41) is 7.82. The largest absolute Gasteiger partial charge is 0.310 e. The van der Waals surface area contributed by atoms with Crippen molar-refractivity contribution < 1.29 is 8.42 Å². The lowest BCUT2D eigenvalue weighted by Gasteiger charge is -2.05. The van der Waals surface area contributed by atoms with E-state index in [1.807, 2.05) is 6.07 Å². The molecule has 0 aliphatic heterocycles. The lowest BCUT2D eigenvalue weighted by Crippen LogP contribution is -2.27. The second kappa shape index (κ2) is 6.06. The van der Waals surface area contributed by atoms with Crippen LogP contribution in [0, 0.1) is 0 Å². The van der Waals surface area contributed by atoms with Crippen LogP contribution in [0.4, 0.5) is 0 Å². The highest BCUT2D eigenvalue weighted by Crippen LogP contribution is 2.19. The molecule has 0 fully saturated rings. The second-order valence-corrected chi connectivity index (χ2v) is 6.63. The molecule has 0 atom stereocenters. The Bertz CT molecular complexity index is 464. The van der Waals surface area contributed by atoms with Crippen LogP contribution in [-0.2, 0) is 16.6 Å². The van der Waals surface area contributed by atoms with E-state index in [4.69, 9.17) is 5.14 Å². The summed E-state index contributed by atoms with van der Waals surface area (Å²) in [6.07, 6.45) is 1.68. The molecule has 0 saturated carbocycles. The molecular formula is C8H11Br2N3O2S. The Labute approximate surface area is 111 Å². The Morgan fingerprint density at radius 3 is 2.69 bits per heavy atom. The van der Waals surface area contributed by atoms with Gasteiger partial charge in [0.2, 0.25) is 10.0 Å². The highest BCUT2D eigenvalue weighted by atomic mass is 79.9. The van der Waals surface area contributed by atoms with Gasteiger partial charge in [-0.05, 0) is 37.9 Å². The molecule has 16 heavy (non-hydrogen) atoms. The Hall–Kier alpha value is -0.0200. The molecule has 0 radical (unpaired) electrons. The van der Waals surface area contributed by atoms with Crippen molar-refractivity contribution in [3.63, 3.8) is 0 Å². The third-order valence-corrected chi connectivity index (χ3v) is 3.63. The van der Waals surface area contributed by atoms with E-state index in [0.717, 1.165) is 14.6 Å². The SMILES string of the molecule is NS(=O)(=O)CCNCc1ncc(Br)cc1Br. The van der Waals surface area contributed by atoms with Crippen molar-refractivity contribution in [2.45, 2.75) is 6.54 Å². The van der Waals surface area contributed by atoms with Crippen LogP contribution in [0.2, 0.25) is 0 Å². The first-order chi connectivity index (χ1) is 7.38. The number of hydrogen-bond acceptors (Lipinski definition) is 4. The maximum absolute atomic E-state index is 10.7. The summed E-state index contributed by atoms with van der Waals surface area (Å²) < 4.78 is 23.1. The average molecular weight is 373 g/mol. The van der Waals surface area contributed by atoms with Crippen molar-refractivity contribution in [3.8, 4) is 0 Å². The van der Waals surface area contributed by atoms with Gasteiger partial charge in [0, 0.05) is 28.2 Å². The fourth-order valence-electron chi connectivity index (χ4n) is 0.994. The third-order valence-electron chi connectivity index (χ3n) is 1.74.